The number of ketones is 1. The number of carbonyl (C=O) groups excluding carboxylic acids is 1. The largest absolute Gasteiger partial charge is 0.434 e. The Hall–Kier alpha value is -2.05. The van der Waals surface area contributed by atoms with Crippen LogP contribution in [0.15, 0.2) is 12.1 Å². The molecule has 7 heteroatoms. The Morgan fingerprint density at radius 2 is 2.11 bits per heavy atom. The maximum atomic E-state index is 12.2. The molecule has 0 spiro atoms. The molecule has 0 saturated carbocycles. The average Bonchev–Trinajstić information content (AvgIpc) is 2.26. The second-order valence-electron chi connectivity index (χ2n) is 3.48. The highest BCUT2D eigenvalue weighted by atomic mass is 19.3. The van der Waals surface area contributed by atoms with Crippen molar-refractivity contribution in [2.75, 3.05) is 0 Å². The molecule has 98 valence electrons. The summed E-state index contributed by atoms with van der Waals surface area (Å²) in [5.41, 5.74) is -0.332. The molecule has 0 aromatic heterocycles. The van der Waals surface area contributed by atoms with Crippen LogP contribution in [0.1, 0.15) is 29.8 Å². The van der Waals surface area contributed by atoms with Crippen LogP contribution in [0.25, 0.3) is 0 Å². The van der Waals surface area contributed by atoms with Crippen LogP contribution < -0.4 is 4.74 Å². The van der Waals surface area contributed by atoms with Gasteiger partial charge in [0.25, 0.3) is 5.69 Å². The molecule has 0 aliphatic carbocycles. The standard InChI is InChI=1S/C11H11F2NO4/c1-3-7-8(14(16)17)4-5-9(18-11(12)13)10(7)6(2)15/h4-5,11H,3H2,1-2H3. The third kappa shape index (κ3) is 2.79. The molecule has 1 aromatic rings. The van der Waals surface area contributed by atoms with Gasteiger partial charge in [-0.15, -0.1) is 0 Å². The van der Waals surface area contributed by atoms with E-state index in [0.29, 0.717) is 0 Å². The molecule has 5 nitrogen and oxygen atoms in total. The summed E-state index contributed by atoms with van der Waals surface area (Å²) in [5, 5.41) is 10.8. The van der Waals surface area contributed by atoms with Crippen molar-refractivity contribution in [3.05, 3.63) is 33.4 Å². The van der Waals surface area contributed by atoms with E-state index in [9.17, 15) is 23.7 Å². The maximum absolute atomic E-state index is 12.2. The SMILES string of the molecule is CCc1c([N+](=O)[O-])ccc(OC(F)F)c1C(C)=O. The Morgan fingerprint density at radius 3 is 2.50 bits per heavy atom. The van der Waals surface area contributed by atoms with Gasteiger partial charge >= 0.3 is 6.61 Å². The predicted octanol–water partition coefficient (Wildman–Crippen LogP) is 2.96. The Bertz CT molecular complexity index is 488. The van der Waals surface area contributed by atoms with Crippen LogP contribution in [-0.2, 0) is 6.42 Å². The number of benzene rings is 1. The number of ether oxygens (including phenoxy) is 1. The van der Waals surface area contributed by atoms with Gasteiger partial charge in [-0.2, -0.15) is 8.78 Å². The van der Waals surface area contributed by atoms with Crippen molar-refractivity contribution >= 4 is 11.5 Å². The van der Waals surface area contributed by atoms with Gasteiger partial charge in [0.15, 0.2) is 5.78 Å². The minimum atomic E-state index is -3.09. The average molecular weight is 259 g/mol. The number of nitro benzene ring substituents is 1. The van der Waals surface area contributed by atoms with E-state index in [1.54, 1.807) is 6.92 Å². The van der Waals surface area contributed by atoms with Gasteiger partial charge in [-0.3, -0.25) is 14.9 Å². The summed E-state index contributed by atoms with van der Waals surface area (Å²) in [7, 11) is 0. The van der Waals surface area contributed by atoms with Crippen LogP contribution in [0.3, 0.4) is 0 Å². The van der Waals surface area contributed by atoms with Crippen LogP contribution in [0.5, 0.6) is 5.75 Å². The molecule has 0 bridgehead atoms. The number of nitrogens with zero attached hydrogens (tertiary/aromatic N) is 1. The molecule has 0 amide bonds. The number of hydrogen-bond acceptors (Lipinski definition) is 4. The van der Waals surface area contributed by atoms with Gasteiger partial charge in [-0.25, -0.2) is 0 Å². The second kappa shape index (κ2) is 5.52. The first-order valence-electron chi connectivity index (χ1n) is 5.14. The first kappa shape index (κ1) is 14.0. The van der Waals surface area contributed by atoms with Crippen molar-refractivity contribution in [1.82, 2.24) is 0 Å². The molecular weight excluding hydrogens is 248 g/mol. The third-order valence-electron chi connectivity index (χ3n) is 2.37. The molecule has 0 N–H and O–H groups in total. The smallest absolute Gasteiger partial charge is 0.387 e. The van der Waals surface area contributed by atoms with Crippen molar-refractivity contribution in [2.45, 2.75) is 26.9 Å². The molecule has 0 radical (unpaired) electrons. The fraction of sp³-hybridized carbons (Fsp3) is 0.364. The summed E-state index contributed by atoms with van der Waals surface area (Å²) in [4.78, 5) is 21.6. The summed E-state index contributed by atoms with van der Waals surface area (Å²) in [6.07, 6.45) is 0.172. The summed E-state index contributed by atoms with van der Waals surface area (Å²) < 4.78 is 28.6. The summed E-state index contributed by atoms with van der Waals surface area (Å²) in [6.45, 7) is -0.341. The van der Waals surface area contributed by atoms with E-state index in [-0.39, 0.29) is 29.0 Å². The van der Waals surface area contributed by atoms with Crippen molar-refractivity contribution in [2.24, 2.45) is 0 Å². The third-order valence-corrected chi connectivity index (χ3v) is 2.37. The van der Waals surface area contributed by atoms with Gasteiger partial charge in [-0.05, 0) is 19.4 Å². The zero-order chi connectivity index (χ0) is 13.9. The predicted molar refractivity (Wildman–Crippen MR) is 59.1 cm³/mol. The van der Waals surface area contributed by atoms with Gasteiger partial charge in [0.2, 0.25) is 0 Å². The lowest BCUT2D eigenvalue weighted by Crippen LogP contribution is -2.10. The van der Waals surface area contributed by atoms with Gasteiger partial charge in [0.05, 0.1) is 10.5 Å². The topological polar surface area (TPSA) is 69.4 Å². The van der Waals surface area contributed by atoms with E-state index < -0.39 is 17.3 Å². The molecule has 0 heterocycles. The van der Waals surface area contributed by atoms with Crippen LogP contribution in [0, 0.1) is 10.1 Å². The number of rotatable bonds is 5. The van der Waals surface area contributed by atoms with E-state index in [2.05, 4.69) is 4.74 Å². The minimum absolute atomic E-state index is 0.102. The summed E-state index contributed by atoms with van der Waals surface area (Å²) >= 11 is 0. The molecule has 1 rings (SSSR count). The Morgan fingerprint density at radius 1 is 1.50 bits per heavy atom. The molecule has 0 saturated heterocycles. The van der Waals surface area contributed by atoms with Gasteiger partial charge in [0, 0.05) is 11.6 Å². The summed E-state index contributed by atoms with van der Waals surface area (Å²) in [5.74, 6) is -0.883. The van der Waals surface area contributed by atoms with Crippen LogP contribution in [0.2, 0.25) is 0 Å². The van der Waals surface area contributed by atoms with Crippen molar-refractivity contribution in [3.63, 3.8) is 0 Å². The highest BCUT2D eigenvalue weighted by Crippen LogP contribution is 2.32. The molecule has 0 unspecified atom stereocenters. The fourth-order valence-corrected chi connectivity index (χ4v) is 1.72. The fourth-order valence-electron chi connectivity index (χ4n) is 1.72. The molecule has 0 aliphatic rings. The van der Waals surface area contributed by atoms with Crippen LogP contribution in [-0.4, -0.2) is 17.3 Å². The number of carbonyl (C=O) groups is 1. The highest BCUT2D eigenvalue weighted by Gasteiger charge is 2.24. The van der Waals surface area contributed by atoms with Crippen molar-refractivity contribution in [3.8, 4) is 5.75 Å². The number of hydrogen-bond donors (Lipinski definition) is 0. The molecular formula is C11H11F2NO4. The lowest BCUT2D eigenvalue weighted by atomic mass is 9.99. The Labute approximate surface area is 102 Å². The molecule has 0 aliphatic heterocycles. The first-order valence-corrected chi connectivity index (χ1v) is 5.14. The van der Waals surface area contributed by atoms with Crippen LogP contribution in [0.4, 0.5) is 14.5 Å². The van der Waals surface area contributed by atoms with Crippen molar-refractivity contribution in [1.29, 1.82) is 0 Å². The highest BCUT2D eigenvalue weighted by molar-refractivity contribution is 5.99. The van der Waals surface area contributed by atoms with E-state index >= 15 is 0 Å². The van der Waals surface area contributed by atoms with E-state index in [1.165, 1.54) is 0 Å². The normalized spacial score (nSPS) is 10.5. The zero-order valence-corrected chi connectivity index (χ0v) is 9.78. The second-order valence-corrected chi connectivity index (χ2v) is 3.48. The van der Waals surface area contributed by atoms with E-state index in [4.69, 9.17) is 0 Å². The molecule has 1 aromatic carbocycles. The first-order chi connectivity index (χ1) is 8.38. The molecule has 0 atom stereocenters. The summed E-state index contributed by atoms with van der Waals surface area (Å²) in [6, 6.07) is 2.07. The van der Waals surface area contributed by atoms with Gasteiger partial charge in [0.1, 0.15) is 5.75 Å². The van der Waals surface area contributed by atoms with Gasteiger partial charge < -0.3 is 4.74 Å². The van der Waals surface area contributed by atoms with E-state index in [0.717, 1.165) is 19.1 Å². The van der Waals surface area contributed by atoms with Crippen LogP contribution >= 0.6 is 0 Å². The lowest BCUT2D eigenvalue weighted by molar-refractivity contribution is -0.385. The molecule has 0 fully saturated rings. The minimum Gasteiger partial charge on any atom is -0.434 e. The van der Waals surface area contributed by atoms with Crippen molar-refractivity contribution < 1.29 is 23.2 Å². The Kier molecular flexibility index (Phi) is 4.30. The molecule has 18 heavy (non-hydrogen) atoms. The zero-order valence-electron chi connectivity index (χ0n) is 9.78. The monoisotopic (exact) mass is 259 g/mol. The quantitative estimate of drug-likeness (QED) is 0.463. The Balaban J connectivity index is 3.48. The number of Topliss-reactive ketones (excluding diaryl/α,β-unsaturated/α-hetero) is 1. The number of halogens is 2. The van der Waals surface area contributed by atoms with E-state index in [1.807, 2.05) is 0 Å². The van der Waals surface area contributed by atoms with Gasteiger partial charge in [-0.1, -0.05) is 6.92 Å². The number of nitro groups is 1. The lowest BCUT2D eigenvalue weighted by Gasteiger charge is -2.12. The maximum Gasteiger partial charge on any atom is 0.387 e. The number of alkyl halides is 2.